The van der Waals surface area contributed by atoms with Crippen molar-refractivity contribution in [2.24, 2.45) is 5.73 Å². The van der Waals surface area contributed by atoms with Crippen molar-refractivity contribution in [2.75, 3.05) is 5.75 Å². The molecule has 0 spiro atoms. The van der Waals surface area contributed by atoms with Crippen molar-refractivity contribution in [3.63, 3.8) is 0 Å². The van der Waals surface area contributed by atoms with Crippen LogP contribution in [0.15, 0.2) is 30.3 Å². The molecular weight excluding hydrogens is 234 g/mol. The fraction of sp³-hybridized carbons (Fsp3) is 0.300. The van der Waals surface area contributed by atoms with E-state index in [4.69, 9.17) is 10.8 Å². The van der Waals surface area contributed by atoms with Gasteiger partial charge in [0.1, 0.15) is 6.04 Å². The lowest BCUT2D eigenvalue weighted by atomic mass is 10.2. The van der Waals surface area contributed by atoms with Gasteiger partial charge in [-0.1, -0.05) is 30.3 Å². The molecule has 1 aromatic carbocycles. The van der Waals surface area contributed by atoms with Gasteiger partial charge in [-0.05, 0) is 5.56 Å². The molecule has 15 heavy (non-hydrogen) atoms. The molecule has 0 aromatic heterocycles. The summed E-state index contributed by atoms with van der Waals surface area (Å²) < 4.78 is 0. The summed E-state index contributed by atoms with van der Waals surface area (Å²) in [5, 5.41) is 8.54. The van der Waals surface area contributed by atoms with Gasteiger partial charge in [0.15, 0.2) is 0 Å². The van der Waals surface area contributed by atoms with Crippen molar-refractivity contribution >= 4 is 30.1 Å². The van der Waals surface area contributed by atoms with Gasteiger partial charge in [0.05, 0.1) is 0 Å². The van der Waals surface area contributed by atoms with Crippen LogP contribution in [0.25, 0.3) is 0 Å². The first kappa shape index (κ1) is 14.3. The lowest BCUT2D eigenvalue weighted by Crippen LogP contribution is -2.32. The third kappa shape index (κ3) is 5.67. The van der Waals surface area contributed by atoms with Crippen LogP contribution in [0.2, 0.25) is 0 Å². The number of benzene rings is 1. The fourth-order valence-corrected chi connectivity index (χ4v) is 1.89. The minimum absolute atomic E-state index is 0. The predicted octanol–water partition coefficient (Wildman–Crippen LogP) is 1.75. The van der Waals surface area contributed by atoms with Crippen LogP contribution in [0.3, 0.4) is 0 Å². The number of hydrogen-bond acceptors (Lipinski definition) is 3. The summed E-state index contributed by atoms with van der Waals surface area (Å²) in [5.74, 6) is 0.317. The van der Waals surface area contributed by atoms with E-state index in [2.05, 4.69) is 0 Å². The standard InChI is InChI=1S/C10H13NO2S.ClH/c11-9(10(12)13)7-14-6-8-4-2-1-3-5-8;/h1-5,9H,6-7,11H2,(H,12,13);1H/t9-;/m0./s1. The molecule has 0 bridgehead atoms. The highest BCUT2D eigenvalue weighted by Crippen LogP contribution is 2.11. The molecule has 0 aliphatic rings. The van der Waals surface area contributed by atoms with Crippen molar-refractivity contribution in [3.05, 3.63) is 35.9 Å². The monoisotopic (exact) mass is 247 g/mol. The van der Waals surface area contributed by atoms with Crippen LogP contribution in [-0.4, -0.2) is 22.9 Å². The Balaban J connectivity index is 0.00000196. The number of carbonyl (C=O) groups is 1. The molecule has 0 amide bonds. The molecule has 0 radical (unpaired) electrons. The van der Waals surface area contributed by atoms with Gasteiger partial charge in [0.2, 0.25) is 0 Å². The molecule has 0 saturated heterocycles. The van der Waals surface area contributed by atoms with E-state index in [1.807, 2.05) is 30.3 Å². The third-order valence-corrected chi connectivity index (χ3v) is 2.86. The highest BCUT2D eigenvalue weighted by atomic mass is 35.5. The van der Waals surface area contributed by atoms with E-state index in [0.29, 0.717) is 5.75 Å². The molecule has 0 fully saturated rings. The van der Waals surface area contributed by atoms with Crippen LogP contribution < -0.4 is 5.73 Å². The minimum Gasteiger partial charge on any atom is -0.480 e. The van der Waals surface area contributed by atoms with E-state index in [-0.39, 0.29) is 12.4 Å². The van der Waals surface area contributed by atoms with Gasteiger partial charge < -0.3 is 10.8 Å². The average molecular weight is 248 g/mol. The number of aliphatic carboxylic acids is 1. The van der Waals surface area contributed by atoms with E-state index < -0.39 is 12.0 Å². The SMILES string of the molecule is Cl.N[C@@H](CSCc1ccccc1)C(=O)O. The van der Waals surface area contributed by atoms with Crippen molar-refractivity contribution in [1.82, 2.24) is 0 Å². The zero-order valence-electron chi connectivity index (χ0n) is 8.13. The van der Waals surface area contributed by atoms with Gasteiger partial charge in [0, 0.05) is 11.5 Å². The summed E-state index contributed by atoms with van der Waals surface area (Å²) in [6, 6.07) is 9.15. The Morgan fingerprint density at radius 3 is 2.53 bits per heavy atom. The molecule has 3 N–H and O–H groups in total. The van der Waals surface area contributed by atoms with E-state index in [1.54, 1.807) is 0 Å². The lowest BCUT2D eigenvalue weighted by molar-refractivity contribution is -0.137. The number of nitrogens with two attached hydrogens (primary N) is 1. The van der Waals surface area contributed by atoms with E-state index in [1.165, 1.54) is 17.3 Å². The highest BCUT2D eigenvalue weighted by molar-refractivity contribution is 7.98. The zero-order chi connectivity index (χ0) is 10.4. The molecule has 0 saturated carbocycles. The normalized spacial score (nSPS) is 11.5. The largest absolute Gasteiger partial charge is 0.480 e. The van der Waals surface area contributed by atoms with Gasteiger partial charge in [-0.2, -0.15) is 11.8 Å². The number of thioether (sulfide) groups is 1. The molecule has 0 heterocycles. The van der Waals surface area contributed by atoms with Gasteiger partial charge in [-0.3, -0.25) is 4.79 Å². The number of rotatable bonds is 5. The Labute approximate surface area is 99.5 Å². The Morgan fingerprint density at radius 2 is 2.00 bits per heavy atom. The van der Waals surface area contributed by atoms with Crippen molar-refractivity contribution < 1.29 is 9.90 Å². The molecule has 5 heteroatoms. The lowest BCUT2D eigenvalue weighted by Gasteiger charge is -2.05. The first-order chi connectivity index (χ1) is 6.70. The van der Waals surface area contributed by atoms with E-state index in [0.717, 1.165) is 5.75 Å². The number of carboxylic acid groups (broad SMARTS) is 1. The molecule has 0 unspecified atom stereocenters. The zero-order valence-corrected chi connectivity index (χ0v) is 9.76. The molecule has 1 rings (SSSR count). The van der Waals surface area contributed by atoms with Gasteiger partial charge in [0.25, 0.3) is 0 Å². The number of halogens is 1. The first-order valence-corrected chi connectivity index (χ1v) is 5.45. The molecule has 3 nitrogen and oxygen atoms in total. The predicted molar refractivity (Wildman–Crippen MR) is 65.5 cm³/mol. The van der Waals surface area contributed by atoms with E-state index >= 15 is 0 Å². The maximum absolute atomic E-state index is 10.4. The highest BCUT2D eigenvalue weighted by Gasteiger charge is 2.10. The molecular formula is C10H14ClNO2S. The minimum atomic E-state index is -0.939. The smallest absolute Gasteiger partial charge is 0.321 e. The second-order valence-corrected chi connectivity index (χ2v) is 3.98. The number of carboxylic acids is 1. The Morgan fingerprint density at radius 1 is 1.40 bits per heavy atom. The summed E-state index contributed by atoms with van der Waals surface area (Å²) in [6.07, 6.45) is 0. The first-order valence-electron chi connectivity index (χ1n) is 4.30. The maximum Gasteiger partial charge on any atom is 0.321 e. The van der Waals surface area contributed by atoms with Gasteiger partial charge in [-0.25, -0.2) is 0 Å². The maximum atomic E-state index is 10.4. The van der Waals surface area contributed by atoms with Crippen LogP contribution in [-0.2, 0) is 10.5 Å². The average Bonchev–Trinajstić information content (AvgIpc) is 2.19. The molecule has 0 aliphatic heterocycles. The summed E-state index contributed by atoms with van der Waals surface area (Å²) >= 11 is 1.54. The quantitative estimate of drug-likeness (QED) is 0.832. The molecule has 0 aliphatic carbocycles. The van der Waals surface area contributed by atoms with Crippen molar-refractivity contribution in [1.29, 1.82) is 0 Å². The second kappa shape index (κ2) is 7.56. The summed E-state index contributed by atoms with van der Waals surface area (Å²) in [6.45, 7) is 0. The van der Waals surface area contributed by atoms with Gasteiger partial charge in [-0.15, -0.1) is 12.4 Å². The van der Waals surface area contributed by atoms with E-state index in [9.17, 15) is 4.79 Å². The molecule has 1 aromatic rings. The van der Waals surface area contributed by atoms with Crippen LogP contribution in [0.1, 0.15) is 5.56 Å². The second-order valence-electron chi connectivity index (χ2n) is 2.95. The van der Waals surface area contributed by atoms with Gasteiger partial charge >= 0.3 is 5.97 Å². The topological polar surface area (TPSA) is 63.3 Å². The summed E-state index contributed by atoms with van der Waals surface area (Å²) in [4.78, 5) is 10.4. The summed E-state index contributed by atoms with van der Waals surface area (Å²) in [5.41, 5.74) is 6.55. The van der Waals surface area contributed by atoms with Crippen LogP contribution in [0.4, 0.5) is 0 Å². The third-order valence-electron chi connectivity index (χ3n) is 1.73. The Bertz CT molecular complexity index is 295. The van der Waals surface area contributed by atoms with Crippen LogP contribution in [0.5, 0.6) is 0 Å². The van der Waals surface area contributed by atoms with Crippen molar-refractivity contribution in [3.8, 4) is 0 Å². The number of hydrogen-bond donors (Lipinski definition) is 2. The Hall–Kier alpha value is -0.710. The van der Waals surface area contributed by atoms with Crippen LogP contribution >= 0.6 is 24.2 Å². The van der Waals surface area contributed by atoms with Crippen molar-refractivity contribution in [2.45, 2.75) is 11.8 Å². The Kier molecular flexibility index (Phi) is 7.21. The summed E-state index contributed by atoms with van der Waals surface area (Å²) in [7, 11) is 0. The van der Waals surface area contributed by atoms with Crippen LogP contribution in [0, 0.1) is 0 Å². The fourth-order valence-electron chi connectivity index (χ4n) is 0.949. The molecule has 84 valence electrons. The molecule has 1 atom stereocenters.